The Morgan fingerprint density at radius 3 is 1.31 bits per heavy atom. The molecule has 3 saturated heterocycles. The number of nitrogens with one attached hydrogen (secondary N) is 6. The molecule has 0 spiro atoms. The Kier molecular flexibility index (Phi) is 21.5. The fraction of sp³-hybridized carbons (Fsp3) is 0.710. The van der Waals surface area contributed by atoms with E-state index in [1.807, 2.05) is 24.3 Å². The van der Waals surface area contributed by atoms with Crippen LogP contribution in [0.15, 0.2) is 48.5 Å². The van der Waals surface area contributed by atoms with Gasteiger partial charge in [0.05, 0.1) is 36.4 Å². The second-order valence-corrected chi connectivity index (χ2v) is 24.2. The maximum Gasteiger partial charge on any atom is 0.246 e. The third kappa shape index (κ3) is 15.0. The molecule has 4 aliphatic carbocycles. The molecule has 2 saturated carbocycles. The van der Waals surface area contributed by atoms with Crippen molar-refractivity contribution in [3.05, 3.63) is 70.8 Å². The molecule has 18 nitrogen and oxygen atoms in total. The smallest absolute Gasteiger partial charge is 0.246 e. The van der Waals surface area contributed by atoms with Crippen molar-refractivity contribution in [2.45, 2.75) is 190 Å². The first-order valence-electron chi connectivity index (χ1n) is 30.9. The summed E-state index contributed by atoms with van der Waals surface area (Å²) in [6.07, 6.45) is 15.0. The number of aryl methyl sites for hydroxylation is 2. The molecule has 2 aromatic carbocycles. The normalized spacial score (nSPS) is 26.2. The third-order valence-corrected chi connectivity index (χ3v) is 19.0. The lowest BCUT2D eigenvalue weighted by atomic mass is 9.87. The summed E-state index contributed by atoms with van der Waals surface area (Å²) >= 11 is 0. The number of likely N-dealkylation sites (tertiary alicyclic amines) is 2. The molecule has 6 amide bonds. The van der Waals surface area contributed by atoms with Gasteiger partial charge < -0.3 is 61.0 Å². The number of likely N-dealkylation sites (N-methyl/N-ethyl adjacent to an activating group) is 2. The van der Waals surface area contributed by atoms with Crippen LogP contribution in [0.1, 0.15) is 151 Å². The largest absolute Gasteiger partial charge is 0.376 e. The number of carbonyl (C=O) groups excluding carboxylic acids is 6. The van der Waals surface area contributed by atoms with Gasteiger partial charge in [0.1, 0.15) is 24.2 Å². The number of hydrogen-bond acceptors (Lipinski definition) is 12. The van der Waals surface area contributed by atoms with Gasteiger partial charge in [-0.25, -0.2) is 0 Å². The average molecular weight is 1110 g/mol. The van der Waals surface area contributed by atoms with Crippen LogP contribution >= 0.6 is 0 Å². The van der Waals surface area contributed by atoms with E-state index in [0.29, 0.717) is 39.1 Å². The number of benzene rings is 2. The minimum absolute atomic E-state index is 0.0230. The van der Waals surface area contributed by atoms with E-state index in [1.54, 1.807) is 37.7 Å². The molecule has 3 heterocycles. The summed E-state index contributed by atoms with van der Waals surface area (Å²) in [6, 6.07) is 12.7. The highest BCUT2D eigenvalue weighted by atomic mass is 16.5. The van der Waals surface area contributed by atoms with Crippen LogP contribution in [0.5, 0.6) is 0 Å². The van der Waals surface area contributed by atoms with Crippen molar-refractivity contribution in [2.24, 2.45) is 11.8 Å². The number of fused-ring (bicyclic) bond motifs is 2. The minimum Gasteiger partial charge on any atom is -0.376 e. The van der Waals surface area contributed by atoms with E-state index in [-0.39, 0.29) is 71.6 Å². The lowest BCUT2D eigenvalue weighted by molar-refractivity contribution is -0.143. The van der Waals surface area contributed by atoms with E-state index < -0.39 is 36.3 Å². The van der Waals surface area contributed by atoms with Crippen LogP contribution in [0.4, 0.5) is 0 Å². The summed E-state index contributed by atoms with van der Waals surface area (Å²) in [6.45, 7) is 10.7. The highest BCUT2D eigenvalue weighted by molar-refractivity contribution is 5.95. The van der Waals surface area contributed by atoms with Gasteiger partial charge in [-0.3, -0.25) is 28.8 Å². The van der Waals surface area contributed by atoms with E-state index in [4.69, 9.17) is 9.47 Å². The van der Waals surface area contributed by atoms with E-state index in [2.05, 4.69) is 66.0 Å². The summed E-state index contributed by atoms with van der Waals surface area (Å²) in [5.41, 5.74) is 4.81. The van der Waals surface area contributed by atoms with Crippen molar-refractivity contribution in [3.8, 4) is 0 Å². The molecule has 80 heavy (non-hydrogen) atoms. The van der Waals surface area contributed by atoms with Gasteiger partial charge in [0.15, 0.2) is 0 Å². The first-order chi connectivity index (χ1) is 38.9. The molecule has 9 rings (SSSR count). The quantitative estimate of drug-likeness (QED) is 0.0815. The number of hydrogen-bond donors (Lipinski definition) is 6. The Balaban J connectivity index is 0.744. The molecule has 6 N–H and O–H groups in total. The predicted octanol–water partition coefficient (Wildman–Crippen LogP) is 4.31. The zero-order valence-electron chi connectivity index (χ0n) is 48.4. The van der Waals surface area contributed by atoms with E-state index in [1.165, 1.54) is 11.1 Å². The second kappa shape index (κ2) is 28.8. The molecular weight excluding hydrogens is 1010 g/mol. The summed E-state index contributed by atoms with van der Waals surface area (Å²) in [5, 5.41) is 18.9. The van der Waals surface area contributed by atoms with Crippen LogP contribution in [0.25, 0.3) is 0 Å². The molecule has 10 atom stereocenters. The van der Waals surface area contributed by atoms with Crippen molar-refractivity contribution >= 4 is 35.4 Å². The van der Waals surface area contributed by atoms with Crippen LogP contribution < -0.4 is 31.9 Å². The minimum atomic E-state index is -0.695. The van der Waals surface area contributed by atoms with Gasteiger partial charge in [-0.15, -0.1) is 0 Å². The Bertz CT molecular complexity index is 2240. The summed E-state index contributed by atoms with van der Waals surface area (Å²) in [4.78, 5) is 93.0. The number of nitrogens with zero attached hydrogens (tertiary/aromatic N) is 4. The zero-order valence-corrected chi connectivity index (χ0v) is 48.4. The van der Waals surface area contributed by atoms with E-state index in [0.717, 1.165) is 153 Å². The zero-order chi connectivity index (χ0) is 56.1. The Hall–Kier alpha value is -4.98. The van der Waals surface area contributed by atoms with Crippen LogP contribution in [0, 0.1) is 11.8 Å². The van der Waals surface area contributed by atoms with Crippen LogP contribution in [-0.2, 0) is 51.1 Å². The molecule has 440 valence electrons. The lowest BCUT2D eigenvalue weighted by Gasteiger charge is -2.34. The second-order valence-electron chi connectivity index (χ2n) is 24.2. The first kappa shape index (κ1) is 59.6. The van der Waals surface area contributed by atoms with Crippen molar-refractivity contribution < 1.29 is 38.2 Å². The fourth-order valence-electron chi connectivity index (χ4n) is 14.0. The molecule has 0 radical (unpaired) electrons. The molecule has 18 heteroatoms. The maximum absolute atomic E-state index is 14.7. The number of carbonyl (C=O) groups is 6. The van der Waals surface area contributed by atoms with Gasteiger partial charge in [0.25, 0.3) is 0 Å². The topological polar surface area (TPSA) is 206 Å². The van der Waals surface area contributed by atoms with Gasteiger partial charge in [-0.2, -0.15) is 0 Å². The van der Waals surface area contributed by atoms with Crippen molar-refractivity contribution in [1.82, 2.24) is 51.5 Å². The van der Waals surface area contributed by atoms with Gasteiger partial charge in [-0.1, -0.05) is 74.2 Å². The first-order valence-corrected chi connectivity index (χ1v) is 30.9. The standard InChI is InChI=1S/C62H94N10O8/c1-41(63-3)57(73)67-55(45-19-5-6-20-45)61(77)71-39-47(37-53(71)59(75)65-51-27-13-23-43-17-9-11-25-49(43)51)79-35-15-29-69-31-33-70(34-32-69)30-16-36-80-48-38-54(60(76)66-52-28-14-24-44-18-10-12-26-50(44)52)72(40-48)62(78)56(46-21-7-8-22-46)68-58(74)42(2)64-4/h9-12,17-18,25-26,41-42,45-48,51-56,63-64H,5-8,13-16,19-24,27-40H2,1-4H3,(H,65,75)(H,66,76)(H,67,73)(H,68,74)/t41-,42-,47-,48-,51+,52+,53-,54-,55?,56?/m0/s1. The fourth-order valence-corrected chi connectivity index (χ4v) is 14.0. The third-order valence-electron chi connectivity index (χ3n) is 19.0. The van der Waals surface area contributed by atoms with E-state index >= 15 is 0 Å². The summed E-state index contributed by atoms with van der Waals surface area (Å²) in [5.74, 6) is -1.08. The van der Waals surface area contributed by atoms with Gasteiger partial charge in [-0.05, 0) is 139 Å². The average Bonchev–Trinajstić information content (AvgIpc) is 4.35. The Labute approximate surface area is 475 Å². The molecule has 0 bridgehead atoms. The predicted molar refractivity (Wildman–Crippen MR) is 307 cm³/mol. The molecule has 2 aromatic rings. The molecular formula is C62H94N10O8. The highest BCUT2D eigenvalue weighted by Crippen LogP contribution is 2.36. The van der Waals surface area contributed by atoms with Gasteiger partial charge in [0, 0.05) is 78.4 Å². The van der Waals surface area contributed by atoms with Crippen molar-refractivity contribution in [2.75, 3.05) is 79.7 Å². The molecule has 7 aliphatic rings. The molecule has 2 unspecified atom stereocenters. The summed E-state index contributed by atoms with van der Waals surface area (Å²) in [7, 11) is 3.47. The van der Waals surface area contributed by atoms with Crippen molar-refractivity contribution in [3.63, 3.8) is 0 Å². The Morgan fingerprint density at radius 2 is 0.925 bits per heavy atom. The summed E-state index contributed by atoms with van der Waals surface area (Å²) < 4.78 is 13.1. The van der Waals surface area contributed by atoms with Crippen LogP contribution in [0.2, 0.25) is 0 Å². The van der Waals surface area contributed by atoms with Gasteiger partial charge >= 0.3 is 0 Å². The van der Waals surface area contributed by atoms with Crippen LogP contribution in [-0.4, -0.2) is 183 Å². The number of piperazine rings is 1. The number of ether oxygens (including phenoxy) is 2. The lowest BCUT2D eigenvalue weighted by Crippen LogP contribution is -2.57. The van der Waals surface area contributed by atoms with E-state index in [9.17, 15) is 28.8 Å². The molecule has 5 fully saturated rings. The number of rotatable bonds is 24. The van der Waals surface area contributed by atoms with Crippen molar-refractivity contribution in [1.29, 1.82) is 0 Å². The monoisotopic (exact) mass is 1110 g/mol. The molecule has 3 aliphatic heterocycles. The molecule has 0 aromatic heterocycles. The van der Waals surface area contributed by atoms with Crippen LogP contribution in [0.3, 0.4) is 0 Å². The maximum atomic E-state index is 14.7. The highest BCUT2D eigenvalue weighted by Gasteiger charge is 2.47. The van der Waals surface area contributed by atoms with Gasteiger partial charge in [0.2, 0.25) is 35.4 Å². The number of amides is 6. The Morgan fingerprint density at radius 1 is 0.537 bits per heavy atom. The SMILES string of the molecule is CN[C@@H](C)C(=O)NC(C(=O)N1C[C@@H](OCCCN2CCN(CCCO[C@H]3C[C@@H](C(=O)N[C@@H]4CCCc5ccccc54)N(C(=O)C(NC(=O)[C@H](C)NC)C4CCCC4)C3)CC2)C[C@H]1C(=O)N[C@@H]1CCCc2ccccc21)C1CCCC1.